The molecule has 0 saturated carbocycles. The summed E-state index contributed by atoms with van der Waals surface area (Å²) in [7, 11) is -4.08. The maximum Gasteiger partial charge on any atom is 0.339 e. The summed E-state index contributed by atoms with van der Waals surface area (Å²) in [5.74, 6) is 0.122. The largest absolute Gasteiger partial charge is 0.490 e. The second kappa shape index (κ2) is 9.97. The number of aryl methyl sites for hydroxylation is 1. The number of rotatable bonds is 7. The molecule has 0 bridgehead atoms. The fourth-order valence-corrected chi connectivity index (χ4v) is 4.44. The first kappa shape index (κ1) is 24.6. The molecule has 8 nitrogen and oxygen atoms in total. The van der Waals surface area contributed by atoms with Gasteiger partial charge >= 0.3 is 10.1 Å². The Morgan fingerprint density at radius 3 is 2.37 bits per heavy atom. The van der Waals surface area contributed by atoms with Crippen LogP contribution in [-0.4, -0.2) is 31.8 Å². The first-order valence-electron chi connectivity index (χ1n) is 10.8. The average Bonchev–Trinajstić information content (AvgIpc) is 3.27. The summed E-state index contributed by atoms with van der Waals surface area (Å²) in [5.41, 5.74) is 2.10. The number of hydrogen-bond acceptors (Lipinski definition) is 7. The lowest BCUT2D eigenvalue weighted by molar-refractivity contribution is -0.135. The summed E-state index contributed by atoms with van der Waals surface area (Å²) in [4.78, 5) is 12.3. The summed E-state index contributed by atoms with van der Waals surface area (Å²) in [6.45, 7) is 5.26. The van der Waals surface area contributed by atoms with E-state index in [0.29, 0.717) is 16.1 Å². The van der Waals surface area contributed by atoms with Crippen molar-refractivity contribution in [2.24, 2.45) is 5.10 Å². The van der Waals surface area contributed by atoms with Crippen LogP contribution in [0.3, 0.4) is 0 Å². The van der Waals surface area contributed by atoms with E-state index in [1.807, 2.05) is 6.92 Å². The van der Waals surface area contributed by atoms with Crippen molar-refractivity contribution < 1.29 is 26.9 Å². The lowest BCUT2D eigenvalue weighted by Crippen LogP contribution is -2.25. The van der Waals surface area contributed by atoms with E-state index in [-0.39, 0.29) is 34.8 Å². The Bertz CT molecular complexity index is 1370. The predicted molar refractivity (Wildman–Crippen MR) is 131 cm³/mol. The number of ether oxygens (including phenoxy) is 2. The third-order valence-corrected chi connectivity index (χ3v) is 6.62. The van der Waals surface area contributed by atoms with E-state index in [0.717, 1.165) is 5.56 Å². The van der Waals surface area contributed by atoms with Crippen LogP contribution in [0.2, 0.25) is 5.02 Å². The van der Waals surface area contributed by atoms with Gasteiger partial charge in [-0.1, -0.05) is 29.3 Å². The zero-order chi connectivity index (χ0) is 25.2. The molecule has 0 saturated heterocycles. The average molecular weight is 515 g/mol. The lowest BCUT2D eigenvalue weighted by Gasteiger charge is -2.21. The Morgan fingerprint density at radius 2 is 1.74 bits per heavy atom. The van der Waals surface area contributed by atoms with Gasteiger partial charge < -0.3 is 13.7 Å². The summed E-state index contributed by atoms with van der Waals surface area (Å²) in [6, 6.07) is 17.8. The van der Waals surface area contributed by atoms with Crippen LogP contribution in [0, 0.1) is 6.92 Å². The van der Waals surface area contributed by atoms with E-state index in [1.165, 1.54) is 30.1 Å². The molecule has 0 aliphatic carbocycles. The number of carbonyl (C=O) groups excluding carboxylic acids is 1. The molecule has 1 aliphatic rings. The highest BCUT2D eigenvalue weighted by Gasteiger charge is 2.34. The van der Waals surface area contributed by atoms with Crippen LogP contribution < -0.4 is 8.92 Å². The number of benzene rings is 3. The summed E-state index contributed by atoms with van der Waals surface area (Å²) >= 11 is 5.96. The summed E-state index contributed by atoms with van der Waals surface area (Å²) in [5, 5.41) is 6.08. The number of halogens is 1. The minimum atomic E-state index is -4.08. The normalized spacial score (nSPS) is 15.4. The zero-order valence-electron chi connectivity index (χ0n) is 19.3. The Morgan fingerprint density at radius 1 is 1.06 bits per heavy atom. The molecular formula is C25H23ClN2O6S. The SMILES string of the molecule is CCOc1cc([C@H]2OC(c3ccc(Cl)cc3)=NN2C(C)=O)ccc1OS(=O)(=O)c1ccc(C)cc1. The second-order valence-electron chi connectivity index (χ2n) is 7.74. The molecule has 182 valence electrons. The maximum atomic E-state index is 12.8. The molecular weight excluding hydrogens is 492 g/mol. The van der Waals surface area contributed by atoms with Crippen LogP contribution in [0.25, 0.3) is 0 Å². The van der Waals surface area contributed by atoms with E-state index in [2.05, 4.69) is 5.10 Å². The molecule has 0 unspecified atom stereocenters. The van der Waals surface area contributed by atoms with E-state index in [4.69, 9.17) is 25.3 Å². The Balaban J connectivity index is 1.64. The monoisotopic (exact) mass is 514 g/mol. The zero-order valence-corrected chi connectivity index (χ0v) is 20.8. The fraction of sp³-hybridized carbons (Fsp3) is 0.200. The van der Waals surface area contributed by atoms with Gasteiger partial charge in [-0.15, -0.1) is 5.10 Å². The summed E-state index contributed by atoms with van der Waals surface area (Å²) < 4.78 is 42.6. The molecule has 3 aromatic carbocycles. The smallest absolute Gasteiger partial charge is 0.339 e. The number of hydrazone groups is 1. The predicted octanol–water partition coefficient (Wildman–Crippen LogP) is 5.05. The number of amides is 1. The number of nitrogens with zero attached hydrogens (tertiary/aromatic N) is 2. The molecule has 1 aliphatic heterocycles. The van der Waals surface area contributed by atoms with Crippen molar-refractivity contribution in [2.45, 2.75) is 31.9 Å². The standard InChI is InChI=1S/C25H23ClN2O6S/c1-4-32-23-15-19(9-14-22(23)34-35(30,31)21-12-5-16(2)6-13-21)25-28(17(3)29)27-24(33-25)18-7-10-20(26)11-8-18/h5-15,25H,4H2,1-3H3/t25-/m1/s1. The number of hydrogen-bond donors (Lipinski definition) is 0. The van der Waals surface area contributed by atoms with Gasteiger partial charge in [-0.25, -0.2) is 0 Å². The minimum absolute atomic E-state index is 0.0161. The van der Waals surface area contributed by atoms with Crippen LogP contribution in [0.15, 0.2) is 76.7 Å². The van der Waals surface area contributed by atoms with Gasteiger partial charge in [-0.2, -0.15) is 13.4 Å². The third-order valence-electron chi connectivity index (χ3n) is 5.12. The van der Waals surface area contributed by atoms with Crippen molar-refractivity contribution >= 4 is 33.5 Å². The Labute approximate surface area is 208 Å². The molecule has 1 amide bonds. The second-order valence-corrected chi connectivity index (χ2v) is 9.72. The van der Waals surface area contributed by atoms with Gasteiger partial charge in [0, 0.05) is 23.1 Å². The first-order chi connectivity index (χ1) is 16.7. The van der Waals surface area contributed by atoms with Gasteiger partial charge in [0.05, 0.1) is 6.61 Å². The lowest BCUT2D eigenvalue weighted by atomic mass is 10.1. The van der Waals surface area contributed by atoms with Crippen LogP contribution in [-0.2, 0) is 19.6 Å². The van der Waals surface area contributed by atoms with Gasteiger partial charge in [-0.3, -0.25) is 4.79 Å². The van der Waals surface area contributed by atoms with E-state index >= 15 is 0 Å². The highest BCUT2D eigenvalue weighted by atomic mass is 35.5. The molecule has 35 heavy (non-hydrogen) atoms. The Hall–Kier alpha value is -3.56. The van der Waals surface area contributed by atoms with Crippen LogP contribution in [0.1, 0.15) is 36.8 Å². The molecule has 0 fully saturated rings. The van der Waals surface area contributed by atoms with Crippen LogP contribution >= 0.6 is 11.6 Å². The quantitative estimate of drug-likeness (QED) is 0.409. The molecule has 0 spiro atoms. The van der Waals surface area contributed by atoms with Crippen molar-refractivity contribution in [3.8, 4) is 11.5 Å². The fourth-order valence-electron chi connectivity index (χ4n) is 3.38. The number of carbonyl (C=O) groups is 1. The molecule has 1 atom stereocenters. The Kier molecular flexibility index (Phi) is 7.00. The van der Waals surface area contributed by atoms with Gasteiger partial charge in [-0.05, 0) is 68.4 Å². The summed E-state index contributed by atoms with van der Waals surface area (Å²) in [6.07, 6.45) is -0.875. The van der Waals surface area contributed by atoms with E-state index in [9.17, 15) is 13.2 Å². The highest BCUT2D eigenvalue weighted by Crippen LogP contribution is 2.37. The van der Waals surface area contributed by atoms with Gasteiger partial charge in [0.25, 0.3) is 0 Å². The van der Waals surface area contributed by atoms with Crippen molar-refractivity contribution in [1.82, 2.24) is 5.01 Å². The van der Waals surface area contributed by atoms with Crippen molar-refractivity contribution in [3.63, 3.8) is 0 Å². The molecule has 3 aromatic rings. The van der Waals surface area contributed by atoms with E-state index < -0.39 is 16.3 Å². The van der Waals surface area contributed by atoms with Gasteiger partial charge in [0.15, 0.2) is 11.5 Å². The molecule has 0 N–H and O–H groups in total. The maximum absolute atomic E-state index is 12.8. The molecule has 10 heteroatoms. The molecule has 0 aromatic heterocycles. The van der Waals surface area contributed by atoms with Crippen molar-refractivity contribution in [1.29, 1.82) is 0 Å². The van der Waals surface area contributed by atoms with Crippen LogP contribution in [0.5, 0.6) is 11.5 Å². The van der Waals surface area contributed by atoms with E-state index in [1.54, 1.807) is 55.5 Å². The van der Waals surface area contributed by atoms with Gasteiger partial charge in [0.1, 0.15) is 4.90 Å². The van der Waals surface area contributed by atoms with Crippen molar-refractivity contribution in [2.75, 3.05) is 6.61 Å². The highest BCUT2D eigenvalue weighted by molar-refractivity contribution is 7.87. The molecule has 1 heterocycles. The minimum Gasteiger partial charge on any atom is -0.490 e. The first-order valence-corrected chi connectivity index (χ1v) is 12.6. The molecule has 0 radical (unpaired) electrons. The van der Waals surface area contributed by atoms with Crippen molar-refractivity contribution in [3.05, 3.63) is 88.4 Å². The molecule has 4 rings (SSSR count). The topological polar surface area (TPSA) is 94.5 Å². The van der Waals surface area contributed by atoms with Gasteiger partial charge in [0.2, 0.25) is 18.0 Å². The third kappa shape index (κ3) is 5.41. The van der Waals surface area contributed by atoms with Crippen LogP contribution in [0.4, 0.5) is 0 Å².